The zero-order valence-electron chi connectivity index (χ0n) is 12.7. The summed E-state index contributed by atoms with van der Waals surface area (Å²) in [4.78, 5) is 0. The van der Waals surface area contributed by atoms with Crippen LogP contribution in [0.25, 0.3) is 0 Å². The Hall–Kier alpha value is -0.560. The first-order valence-electron chi connectivity index (χ1n) is 6.49. The molecule has 1 rings (SSSR count). The van der Waals surface area contributed by atoms with Crippen LogP contribution in [-0.2, 0) is 0 Å². The minimum atomic E-state index is -0.428. The third kappa shape index (κ3) is 3.22. The molecule has 1 heteroatoms. The Morgan fingerprint density at radius 1 is 0.882 bits per heavy atom. The van der Waals surface area contributed by atoms with Crippen molar-refractivity contribution >= 4 is 0 Å². The van der Waals surface area contributed by atoms with Gasteiger partial charge in [-0.3, -0.25) is 0 Å². The number of hydrogen-bond donors (Lipinski definition) is 1. The zero-order chi connectivity index (χ0) is 13.6. The van der Waals surface area contributed by atoms with Gasteiger partial charge in [0, 0.05) is 5.41 Å². The van der Waals surface area contributed by atoms with Crippen molar-refractivity contribution in [1.29, 1.82) is 0 Å². The van der Waals surface area contributed by atoms with Gasteiger partial charge in [-0.2, -0.15) is 0 Å². The Bertz CT molecular complexity index is 322. The van der Waals surface area contributed by atoms with Crippen LogP contribution in [0.3, 0.4) is 0 Å². The second-order valence-electron chi connectivity index (χ2n) is 7.92. The molecule has 0 spiro atoms. The van der Waals surface area contributed by atoms with Gasteiger partial charge in [0.25, 0.3) is 0 Å². The van der Waals surface area contributed by atoms with E-state index in [0.717, 1.165) is 11.1 Å². The third-order valence-corrected chi connectivity index (χ3v) is 3.38. The number of allylic oxidation sites excluding steroid dienone is 2. The summed E-state index contributed by atoms with van der Waals surface area (Å²) in [6.07, 6.45) is 4.03. The van der Waals surface area contributed by atoms with Gasteiger partial charge in [0.05, 0.1) is 6.10 Å². The van der Waals surface area contributed by atoms with Gasteiger partial charge in [-0.25, -0.2) is 0 Å². The minimum Gasteiger partial charge on any atom is -0.384 e. The van der Waals surface area contributed by atoms with E-state index in [4.69, 9.17) is 0 Å². The Labute approximate surface area is 107 Å². The average molecular weight is 236 g/mol. The van der Waals surface area contributed by atoms with Crippen molar-refractivity contribution in [2.45, 2.75) is 61.5 Å². The topological polar surface area (TPSA) is 20.2 Å². The number of aliphatic hydroxyl groups excluding tert-OH is 1. The molecule has 17 heavy (non-hydrogen) atoms. The second-order valence-corrected chi connectivity index (χ2v) is 7.92. The molecule has 98 valence electrons. The molecule has 0 aromatic rings. The van der Waals surface area contributed by atoms with Crippen molar-refractivity contribution in [3.05, 3.63) is 23.3 Å². The van der Waals surface area contributed by atoms with E-state index in [0.29, 0.717) is 0 Å². The quantitative estimate of drug-likeness (QED) is 0.621. The molecule has 0 fully saturated rings. The maximum Gasteiger partial charge on any atom is 0.0971 e. The molecule has 0 heterocycles. The van der Waals surface area contributed by atoms with Crippen molar-refractivity contribution in [2.24, 2.45) is 16.2 Å². The van der Waals surface area contributed by atoms with Gasteiger partial charge in [-0.05, 0) is 22.0 Å². The predicted octanol–water partition coefficient (Wildman–Crippen LogP) is 4.33. The molecular formula is C16H28O. The van der Waals surface area contributed by atoms with E-state index in [9.17, 15) is 5.11 Å². The van der Waals surface area contributed by atoms with Crippen molar-refractivity contribution < 1.29 is 5.11 Å². The van der Waals surface area contributed by atoms with E-state index in [1.54, 1.807) is 0 Å². The number of hydrogen-bond acceptors (Lipinski definition) is 1. The van der Waals surface area contributed by atoms with Crippen LogP contribution in [-0.4, -0.2) is 11.2 Å². The molecule has 0 unspecified atom stereocenters. The van der Waals surface area contributed by atoms with Gasteiger partial charge in [0.2, 0.25) is 0 Å². The molecule has 0 amide bonds. The lowest BCUT2D eigenvalue weighted by Gasteiger charge is -2.40. The van der Waals surface area contributed by atoms with Crippen molar-refractivity contribution in [2.75, 3.05) is 0 Å². The summed E-state index contributed by atoms with van der Waals surface area (Å²) in [7, 11) is 0. The van der Waals surface area contributed by atoms with Gasteiger partial charge < -0.3 is 5.11 Å². The molecular weight excluding hydrogens is 208 g/mol. The fraction of sp³-hybridized carbons (Fsp3) is 0.750. The molecule has 0 radical (unpaired) electrons. The highest BCUT2D eigenvalue weighted by molar-refractivity contribution is 5.39. The first-order chi connectivity index (χ1) is 7.34. The van der Waals surface area contributed by atoms with Crippen molar-refractivity contribution in [3.8, 4) is 0 Å². The fourth-order valence-electron chi connectivity index (χ4n) is 2.42. The second kappa shape index (κ2) is 3.98. The van der Waals surface area contributed by atoms with Crippen LogP contribution in [0.2, 0.25) is 0 Å². The standard InChI is InChI=1S/C16H28O/c1-14(2,3)11-9-16(7,8)10-12(13(11)17)15(4,5)6/h9-10,13,17H,1-8H3. The summed E-state index contributed by atoms with van der Waals surface area (Å²) < 4.78 is 0. The molecule has 0 saturated heterocycles. The van der Waals surface area contributed by atoms with E-state index < -0.39 is 6.10 Å². The van der Waals surface area contributed by atoms with Crippen LogP contribution in [0.15, 0.2) is 23.3 Å². The molecule has 1 aliphatic rings. The molecule has 0 saturated carbocycles. The summed E-state index contributed by atoms with van der Waals surface area (Å²) in [5.74, 6) is 0. The molecule has 1 aliphatic carbocycles. The highest BCUT2D eigenvalue weighted by Crippen LogP contribution is 2.44. The molecule has 1 N–H and O–H groups in total. The molecule has 0 aliphatic heterocycles. The summed E-state index contributed by atoms with van der Waals surface area (Å²) in [5.41, 5.74) is 2.36. The highest BCUT2D eigenvalue weighted by Gasteiger charge is 2.37. The predicted molar refractivity (Wildman–Crippen MR) is 74.9 cm³/mol. The molecule has 1 nitrogen and oxygen atoms in total. The Kier molecular flexibility index (Phi) is 3.40. The minimum absolute atomic E-state index is 0.0153. The van der Waals surface area contributed by atoms with Crippen molar-refractivity contribution in [3.63, 3.8) is 0 Å². The molecule has 0 aromatic carbocycles. The van der Waals surface area contributed by atoms with Crippen molar-refractivity contribution in [1.82, 2.24) is 0 Å². The largest absolute Gasteiger partial charge is 0.384 e. The maximum absolute atomic E-state index is 10.6. The maximum atomic E-state index is 10.6. The van der Waals surface area contributed by atoms with Crippen LogP contribution < -0.4 is 0 Å². The summed E-state index contributed by atoms with van der Waals surface area (Å²) in [6.45, 7) is 17.4. The van der Waals surface area contributed by atoms with Crippen LogP contribution >= 0.6 is 0 Å². The fourth-order valence-corrected chi connectivity index (χ4v) is 2.42. The van der Waals surface area contributed by atoms with E-state index in [1.165, 1.54) is 0 Å². The van der Waals surface area contributed by atoms with Crippen LogP contribution in [0.5, 0.6) is 0 Å². The van der Waals surface area contributed by atoms with E-state index >= 15 is 0 Å². The molecule has 0 atom stereocenters. The summed E-state index contributed by atoms with van der Waals surface area (Å²) in [6, 6.07) is 0. The lowest BCUT2D eigenvalue weighted by Crippen LogP contribution is -2.34. The van der Waals surface area contributed by atoms with Crippen LogP contribution in [0, 0.1) is 16.2 Å². The number of aliphatic hydroxyl groups is 1. The first-order valence-corrected chi connectivity index (χ1v) is 6.49. The van der Waals surface area contributed by atoms with Gasteiger partial charge in [0.15, 0.2) is 0 Å². The lowest BCUT2D eigenvalue weighted by atomic mass is 9.67. The Morgan fingerprint density at radius 2 is 1.18 bits per heavy atom. The first kappa shape index (κ1) is 14.5. The Balaban J connectivity index is 3.29. The Morgan fingerprint density at radius 3 is 1.41 bits per heavy atom. The normalized spacial score (nSPS) is 22.2. The summed E-state index contributed by atoms with van der Waals surface area (Å²) in [5, 5.41) is 10.6. The van der Waals surface area contributed by atoms with Gasteiger partial charge in [-0.1, -0.05) is 67.5 Å². The monoisotopic (exact) mass is 236 g/mol. The van der Waals surface area contributed by atoms with Crippen LogP contribution in [0.4, 0.5) is 0 Å². The number of rotatable bonds is 0. The van der Waals surface area contributed by atoms with E-state index in [1.807, 2.05) is 0 Å². The highest BCUT2D eigenvalue weighted by atomic mass is 16.3. The molecule has 0 aromatic heterocycles. The van der Waals surface area contributed by atoms with E-state index in [-0.39, 0.29) is 16.2 Å². The van der Waals surface area contributed by atoms with Gasteiger partial charge in [-0.15, -0.1) is 0 Å². The lowest BCUT2D eigenvalue weighted by molar-refractivity contribution is 0.184. The average Bonchev–Trinajstić information content (AvgIpc) is 2.04. The summed E-state index contributed by atoms with van der Waals surface area (Å²) >= 11 is 0. The zero-order valence-corrected chi connectivity index (χ0v) is 12.7. The smallest absolute Gasteiger partial charge is 0.0971 e. The molecule has 0 bridgehead atoms. The van der Waals surface area contributed by atoms with Gasteiger partial charge in [0.1, 0.15) is 0 Å². The van der Waals surface area contributed by atoms with Crippen LogP contribution in [0.1, 0.15) is 55.4 Å². The SMILES string of the molecule is CC1(C)C=C(C(C)(C)C)C(O)C(C(C)(C)C)=C1. The van der Waals surface area contributed by atoms with E-state index in [2.05, 4.69) is 67.5 Å². The van der Waals surface area contributed by atoms with Gasteiger partial charge >= 0.3 is 0 Å². The third-order valence-electron chi connectivity index (χ3n) is 3.38.